The molecule has 1 saturated carbocycles. The molecule has 45 heavy (non-hydrogen) atoms. The molecule has 1 fully saturated rings. The molecule has 0 aliphatic heterocycles. The first kappa shape index (κ1) is 34.6. The summed E-state index contributed by atoms with van der Waals surface area (Å²) in [6, 6.07) is 15.1. The number of halogens is 1. The molecule has 4 rings (SSSR count). The molecular formula is C38H47ClO6. The summed E-state index contributed by atoms with van der Waals surface area (Å²) in [5, 5.41) is 9.39. The van der Waals surface area contributed by atoms with Crippen LogP contribution in [0.4, 0.5) is 0 Å². The number of carbonyl (C=O) groups is 4. The van der Waals surface area contributed by atoms with Crippen LogP contribution >= 0.6 is 11.6 Å². The van der Waals surface area contributed by atoms with E-state index in [0.717, 1.165) is 82.1 Å². The van der Waals surface area contributed by atoms with Gasteiger partial charge >= 0.3 is 5.97 Å². The van der Waals surface area contributed by atoms with Crippen LogP contribution in [-0.4, -0.2) is 35.0 Å². The molecular weight excluding hydrogens is 588 g/mol. The van der Waals surface area contributed by atoms with Gasteiger partial charge in [0, 0.05) is 41.0 Å². The van der Waals surface area contributed by atoms with Crippen molar-refractivity contribution in [2.24, 2.45) is 5.92 Å². The van der Waals surface area contributed by atoms with Crippen molar-refractivity contribution in [2.45, 2.75) is 115 Å². The zero-order valence-electron chi connectivity index (χ0n) is 26.4. The number of rotatable bonds is 19. The summed E-state index contributed by atoms with van der Waals surface area (Å²) in [7, 11) is 0. The molecule has 0 unspecified atom stereocenters. The third-order valence-corrected chi connectivity index (χ3v) is 9.53. The molecule has 0 aromatic heterocycles. The summed E-state index contributed by atoms with van der Waals surface area (Å²) >= 11 is 6.08. The number of fused-ring (bicyclic) bond motifs is 1. The molecule has 2 aromatic rings. The number of carboxylic acids is 1. The second-order valence-corrected chi connectivity index (χ2v) is 13.0. The molecule has 2 aromatic carbocycles. The van der Waals surface area contributed by atoms with E-state index >= 15 is 0 Å². The Kier molecular flexibility index (Phi) is 13.9. The van der Waals surface area contributed by atoms with Gasteiger partial charge in [0.1, 0.15) is 5.78 Å². The molecule has 2 aliphatic rings. The first-order valence-corrected chi connectivity index (χ1v) is 17.3. The molecule has 0 radical (unpaired) electrons. The van der Waals surface area contributed by atoms with Crippen LogP contribution in [0.5, 0.6) is 0 Å². The van der Waals surface area contributed by atoms with Crippen LogP contribution in [0.25, 0.3) is 0 Å². The smallest absolute Gasteiger partial charge is 0.303 e. The highest BCUT2D eigenvalue weighted by atomic mass is 35.5. The monoisotopic (exact) mass is 634 g/mol. The second-order valence-electron chi connectivity index (χ2n) is 12.6. The summed E-state index contributed by atoms with van der Waals surface area (Å²) in [5.41, 5.74) is 2.78. The number of benzene rings is 2. The highest BCUT2D eigenvalue weighted by molar-refractivity contribution is 6.30. The van der Waals surface area contributed by atoms with E-state index in [1.54, 1.807) is 18.2 Å². The fourth-order valence-corrected chi connectivity index (χ4v) is 6.84. The van der Waals surface area contributed by atoms with E-state index in [1.165, 1.54) is 5.56 Å². The number of Topliss-reactive ketones (excluding diaryl/α,β-unsaturated/α-hetero) is 3. The van der Waals surface area contributed by atoms with Crippen LogP contribution in [-0.2, 0) is 14.3 Å². The number of carbonyl (C=O) groups excluding carboxylic acids is 3. The fraction of sp³-hybridized carbons (Fsp3) is 0.526. The van der Waals surface area contributed by atoms with Gasteiger partial charge < -0.3 is 9.84 Å². The van der Waals surface area contributed by atoms with Gasteiger partial charge in [-0.15, -0.1) is 0 Å². The molecule has 7 heteroatoms. The van der Waals surface area contributed by atoms with Crippen LogP contribution in [0, 0.1) is 5.92 Å². The van der Waals surface area contributed by atoms with Crippen molar-refractivity contribution in [1.82, 2.24) is 0 Å². The van der Waals surface area contributed by atoms with Gasteiger partial charge in [0.15, 0.2) is 11.5 Å². The minimum absolute atomic E-state index is 0.0144. The predicted molar refractivity (Wildman–Crippen MR) is 177 cm³/mol. The molecule has 242 valence electrons. The average molecular weight is 635 g/mol. The van der Waals surface area contributed by atoms with Crippen molar-refractivity contribution < 1.29 is 29.0 Å². The van der Waals surface area contributed by atoms with Crippen molar-refractivity contribution in [1.29, 1.82) is 0 Å². The van der Waals surface area contributed by atoms with Crippen molar-refractivity contribution >= 4 is 34.9 Å². The van der Waals surface area contributed by atoms with Gasteiger partial charge in [-0.05, 0) is 80.9 Å². The predicted octanol–water partition coefficient (Wildman–Crippen LogP) is 9.69. The first-order valence-electron chi connectivity index (χ1n) is 16.9. The zero-order valence-corrected chi connectivity index (χ0v) is 27.1. The SMILES string of the molecule is O=C(O)CCCCC(=O)CCCCCCCCCCOC1=C(C2CCC(c3ccc(Cl)cc3)CC2)C(=O)c2ccccc2C1=O. The van der Waals surface area contributed by atoms with Crippen molar-refractivity contribution in [3.8, 4) is 0 Å². The van der Waals surface area contributed by atoms with Crippen LogP contribution in [0.1, 0.15) is 141 Å². The lowest BCUT2D eigenvalue weighted by atomic mass is 9.72. The number of allylic oxidation sites excluding steroid dienone is 2. The Labute approximate surface area is 272 Å². The van der Waals surface area contributed by atoms with Crippen molar-refractivity contribution in [3.63, 3.8) is 0 Å². The van der Waals surface area contributed by atoms with Gasteiger partial charge in [0.05, 0.1) is 6.61 Å². The van der Waals surface area contributed by atoms with E-state index in [9.17, 15) is 19.2 Å². The number of aliphatic carboxylic acids is 1. The van der Waals surface area contributed by atoms with Crippen molar-refractivity contribution in [2.75, 3.05) is 6.61 Å². The number of ketones is 3. The average Bonchev–Trinajstić information content (AvgIpc) is 3.04. The molecule has 2 aliphatic carbocycles. The summed E-state index contributed by atoms with van der Waals surface area (Å²) in [4.78, 5) is 49.7. The molecule has 0 saturated heterocycles. The van der Waals surface area contributed by atoms with Gasteiger partial charge in [-0.1, -0.05) is 86.5 Å². The lowest BCUT2D eigenvalue weighted by molar-refractivity contribution is -0.137. The number of unbranched alkanes of at least 4 members (excludes halogenated alkanes) is 8. The molecule has 0 amide bonds. The Bertz CT molecular complexity index is 1340. The summed E-state index contributed by atoms with van der Waals surface area (Å²) in [5.74, 6) is -0.0808. The number of carboxylic acid groups (broad SMARTS) is 1. The Morgan fingerprint density at radius 1 is 0.667 bits per heavy atom. The topological polar surface area (TPSA) is 97.7 Å². The molecule has 0 bridgehead atoms. The fourth-order valence-electron chi connectivity index (χ4n) is 6.72. The lowest BCUT2D eigenvalue weighted by Gasteiger charge is -2.32. The third-order valence-electron chi connectivity index (χ3n) is 9.28. The minimum Gasteiger partial charge on any atom is -0.489 e. The van der Waals surface area contributed by atoms with Crippen LogP contribution in [0.2, 0.25) is 5.02 Å². The summed E-state index contributed by atoms with van der Waals surface area (Å²) in [6.45, 7) is 0.425. The van der Waals surface area contributed by atoms with E-state index in [2.05, 4.69) is 12.1 Å². The maximum absolute atomic E-state index is 13.7. The molecule has 6 nitrogen and oxygen atoms in total. The Hall–Kier alpha value is -3.25. The van der Waals surface area contributed by atoms with Gasteiger partial charge in [0.2, 0.25) is 5.78 Å². The Morgan fingerprint density at radius 2 is 1.18 bits per heavy atom. The Balaban J connectivity index is 1.19. The van der Waals surface area contributed by atoms with E-state index in [1.807, 2.05) is 18.2 Å². The maximum Gasteiger partial charge on any atom is 0.303 e. The molecule has 1 N–H and O–H groups in total. The number of ether oxygens (including phenoxy) is 1. The van der Waals surface area contributed by atoms with Crippen LogP contribution < -0.4 is 0 Å². The summed E-state index contributed by atoms with van der Waals surface area (Å²) < 4.78 is 6.18. The van der Waals surface area contributed by atoms with E-state index < -0.39 is 5.97 Å². The number of hydrogen-bond donors (Lipinski definition) is 1. The Morgan fingerprint density at radius 3 is 1.80 bits per heavy atom. The van der Waals surface area contributed by atoms with Gasteiger partial charge in [-0.3, -0.25) is 19.2 Å². The van der Waals surface area contributed by atoms with Crippen LogP contribution in [0.3, 0.4) is 0 Å². The van der Waals surface area contributed by atoms with Crippen molar-refractivity contribution in [3.05, 3.63) is 81.6 Å². The summed E-state index contributed by atoms with van der Waals surface area (Å²) in [6.07, 6.45) is 14.3. The molecule has 0 atom stereocenters. The molecule has 0 heterocycles. The first-order chi connectivity index (χ1) is 21.8. The number of hydrogen-bond acceptors (Lipinski definition) is 5. The van der Waals surface area contributed by atoms with Crippen LogP contribution in [0.15, 0.2) is 59.9 Å². The van der Waals surface area contributed by atoms with Gasteiger partial charge in [-0.25, -0.2) is 0 Å². The molecule has 0 spiro atoms. The van der Waals surface area contributed by atoms with E-state index in [-0.39, 0.29) is 35.4 Å². The quantitative estimate of drug-likeness (QED) is 0.154. The lowest BCUT2D eigenvalue weighted by Crippen LogP contribution is -2.29. The highest BCUT2D eigenvalue weighted by Crippen LogP contribution is 2.42. The van der Waals surface area contributed by atoms with E-state index in [4.69, 9.17) is 21.4 Å². The maximum atomic E-state index is 13.7. The van der Waals surface area contributed by atoms with Gasteiger partial charge in [-0.2, -0.15) is 0 Å². The second kappa shape index (κ2) is 18.0. The van der Waals surface area contributed by atoms with E-state index in [0.29, 0.717) is 54.9 Å². The highest BCUT2D eigenvalue weighted by Gasteiger charge is 2.38. The third kappa shape index (κ3) is 10.4. The normalized spacial score (nSPS) is 18.2. The standard InChI is InChI=1S/C38H47ClO6/c39-30-24-22-28(23-25-30)27-18-20-29(21-19-27)35-36(43)32-15-9-10-16-33(32)37(44)38(35)45-26-12-6-4-2-1-3-5-7-13-31(40)14-8-11-17-34(41)42/h9-10,15-16,22-25,27,29H,1-8,11-14,17-21,26H2,(H,41,42). The minimum atomic E-state index is -0.803. The zero-order chi connectivity index (χ0) is 32.0. The largest absolute Gasteiger partial charge is 0.489 e. The van der Waals surface area contributed by atoms with Gasteiger partial charge in [0.25, 0.3) is 0 Å².